The number of hydrogen-bond acceptors (Lipinski definition) is 6. The van der Waals surface area contributed by atoms with Crippen LogP contribution in [0, 0.1) is 5.92 Å². The molecule has 3 rings (SSSR count). The van der Waals surface area contributed by atoms with Crippen LogP contribution in [0.1, 0.15) is 45.7 Å². The van der Waals surface area contributed by atoms with Gasteiger partial charge in [-0.1, -0.05) is 44.7 Å². The maximum atomic E-state index is 13.0. The van der Waals surface area contributed by atoms with Crippen LogP contribution in [0.3, 0.4) is 0 Å². The maximum absolute atomic E-state index is 13.0. The average molecular weight is 403 g/mol. The molecule has 0 bridgehead atoms. The molecule has 1 aromatic carbocycles. The van der Waals surface area contributed by atoms with E-state index in [0.717, 1.165) is 5.56 Å². The number of rotatable bonds is 6. The van der Waals surface area contributed by atoms with Gasteiger partial charge in [0.2, 0.25) is 5.91 Å². The van der Waals surface area contributed by atoms with Gasteiger partial charge in [-0.25, -0.2) is 9.79 Å². The van der Waals surface area contributed by atoms with Gasteiger partial charge in [0.05, 0.1) is 36.3 Å². The number of nitrogens with zero attached hydrogens (tertiary/aromatic N) is 2. The fraction of sp³-hybridized carbons (Fsp3) is 0.476. The van der Waals surface area contributed by atoms with Crippen LogP contribution in [0.2, 0.25) is 0 Å². The Labute approximate surface area is 170 Å². The highest BCUT2D eigenvalue weighted by Gasteiger charge is 2.47. The van der Waals surface area contributed by atoms with E-state index >= 15 is 0 Å². The number of methoxy groups -OCH3 is 1. The molecule has 0 unspecified atom stereocenters. The first-order valence-corrected chi connectivity index (χ1v) is 10.4. The number of ether oxygens (including phenoxy) is 2. The Bertz CT molecular complexity index is 829. The van der Waals surface area contributed by atoms with Crippen molar-refractivity contribution in [1.82, 2.24) is 4.90 Å². The van der Waals surface area contributed by atoms with Gasteiger partial charge in [-0.15, -0.1) is 0 Å². The minimum Gasteiger partial charge on any atom is -0.497 e. The molecule has 0 spiro atoms. The number of amides is 1. The summed E-state index contributed by atoms with van der Waals surface area (Å²) in [6.45, 7) is 8.08. The lowest BCUT2D eigenvalue weighted by Gasteiger charge is -2.33. The van der Waals surface area contributed by atoms with Crippen molar-refractivity contribution in [2.75, 3.05) is 13.7 Å². The van der Waals surface area contributed by atoms with Crippen LogP contribution in [-0.2, 0) is 14.3 Å². The molecule has 0 N–H and O–H groups in total. The number of aliphatic imine (C=N–C) groups is 1. The topological polar surface area (TPSA) is 68.2 Å². The van der Waals surface area contributed by atoms with Crippen molar-refractivity contribution in [2.24, 2.45) is 10.9 Å². The van der Waals surface area contributed by atoms with Crippen molar-refractivity contribution < 1.29 is 19.1 Å². The number of allylic oxidation sites excluding steroid dienone is 1. The predicted molar refractivity (Wildman–Crippen MR) is 110 cm³/mol. The minimum atomic E-state index is -0.547. The molecule has 28 heavy (non-hydrogen) atoms. The molecule has 1 fully saturated rings. The molecule has 2 atom stereocenters. The number of amidine groups is 1. The van der Waals surface area contributed by atoms with Crippen molar-refractivity contribution in [2.45, 2.75) is 45.4 Å². The summed E-state index contributed by atoms with van der Waals surface area (Å²) in [6.07, 6.45) is 0.709. The third-order valence-corrected chi connectivity index (χ3v) is 6.04. The highest BCUT2D eigenvalue weighted by Crippen LogP contribution is 2.44. The first kappa shape index (κ1) is 20.5. The number of fused-ring (bicyclic) bond motifs is 1. The molecule has 150 valence electrons. The van der Waals surface area contributed by atoms with Crippen LogP contribution < -0.4 is 4.74 Å². The summed E-state index contributed by atoms with van der Waals surface area (Å²) in [4.78, 5) is 32.2. The average Bonchev–Trinajstić information content (AvgIpc) is 3.00. The highest BCUT2D eigenvalue weighted by molar-refractivity contribution is 8.15. The molecule has 2 aliphatic heterocycles. The molecule has 6 nitrogen and oxygen atoms in total. The van der Waals surface area contributed by atoms with E-state index in [1.54, 1.807) is 18.9 Å². The van der Waals surface area contributed by atoms with E-state index in [1.807, 2.05) is 45.0 Å². The quantitative estimate of drug-likeness (QED) is 0.675. The van der Waals surface area contributed by atoms with Crippen molar-refractivity contribution >= 4 is 28.8 Å². The predicted octanol–water partition coefficient (Wildman–Crippen LogP) is 3.93. The summed E-state index contributed by atoms with van der Waals surface area (Å²) in [5.74, 6) is 0.494. The molecule has 1 amide bonds. The Morgan fingerprint density at radius 3 is 2.54 bits per heavy atom. The summed E-state index contributed by atoms with van der Waals surface area (Å²) < 4.78 is 10.8. The van der Waals surface area contributed by atoms with E-state index < -0.39 is 12.0 Å². The van der Waals surface area contributed by atoms with E-state index in [0.29, 0.717) is 35.2 Å². The van der Waals surface area contributed by atoms with Crippen LogP contribution in [0.15, 0.2) is 40.5 Å². The van der Waals surface area contributed by atoms with Gasteiger partial charge in [0.15, 0.2) is 5.17 Å². The fourth-order valence-electron chi connectivity index (χ4n) is 3.27. The molecule has 0 aromatic heterocycles. The zero-order valence-electron chi connectivity index (χ0n) is 16.9. The second-order valence-corrected chi connectivity index (χ2v) is 8.45. The normalized spacial score (nSPS) is 21.7. The largest absolute Gasteiger partial charge is 0.497 e. The molecule has 7 heteroatoms. The number of thioether (sulfide) groups is 1. The standard InChI is InChI=1S/C21H26N2O4S/c1-6-16-19(24)23-18(14-7-9-15(26-5)10-8-14)17(13(4)22-21(23)28-16)20(25)27-11-12(2)3/h7-10,12,16,18H,6,11H2,1-5H3/t16-,18-/m1/s1. The van der Waals surface area contributed by atoms with Crippen molar-refractivity contribution in [3.05, 3.63) is 41.1 Å². The fourth-order valence-corrected chi connectivity index (χ4v) is 4.41. The number of carbonyl (C=O) groups excluding carboxylic acids is 2. The molecule has 0 radical (unpaired) electrons. The first-order chi connectivity index (χ1) is 13.4. The van der Waals surface area contributed by atoms with E-state index in [4.69, 9.17) is 9.47 Å². The van der Waals surface area contributed by atoms with Gasteiger partial charge < -0.3 is 9.47 Å². The molecule has 1 saturated heterocycles. The van der Waals surface area contributed by atoms with Gasteiger partial charge in [0, 0.05) is 0 Å². The van der Waals surface area contributed by atoms with Crippen molar-refractivity contribution in [3.8, 4) is 5.75 Å². The molecule has 2 heterocycles. The zero-order valence-corrected chi connectivity index (χ0v) is 17.7. The summed E-state index contributed by atoms with van der Waals surface area (Å²) in [5.41, 5.74) is 1.84. The monoisotopic (exact) mass is 402 g/mol. The summed E-state index contributed by atoms with van der Waals surface area (Å²) in [6, 6.07) is 6.88. The summed E-state index contributed by atoms with van der Waals surface area (Å²) in [7, 11) is 1.60. The maximum Gasteiger partial charge on any atom is 0.338 e. The molecular formula is C21H26N2O4S. The van der Waals surface area contributed by atoms with E-state index in [1.165, 1.54) is 11.8 Å². The smallest absolute Gasteiger partial charge is 0.338 e. The van der Waals surface area contributed by atoms with Crippen LogP contribution >= 0.6 is 11.8 Å². The third kappa shape index (κ3) is 3.81. The summed E-state index contributed by atoms with van der Waals surface area (Å²) in [5, 5.41) is 0.467. The number of hydrogen-bond donors (Lipinski definition) is 0. The van der Waals surface area contributed by atoms with Gasteiger partial charge >= 0.3 is 5.97 Å². The molecule has 0 saturated carbocycles. The van der Waals surface area contributed by atoms with E-state index in [-0.39, 0.29) is 17.1 Å². The van der Waals surface area contributed by atoms with Crippen LogP contribution in [0.4, 0.5) is 0 Å². The van der Waals surface area contributed by atoms with Gasteiger partial charge in [0.25, 0.3) is 0 Å². The number of carbonyl (C=O) groups is 2. The number of esters is 1. The minimum absolute atomic E-state index is 0.0197. The second kappa shape index (κ2) is 8.39. The van der Waals surface area contributed by atoms with Crippen molar-refractivity contribution in [3.63, 3.8) is 0 Å². The SMILES string of the molecule is CC[C@H]1SC2=NC(C)=C(C(=O)OCC(C)C)[C@@H](c3ccc(OC)cc3)N2C1=O. The Morgan fingerprint density at radius 1 is 1.29 bits per heavy atom. The Balaban J connectivity index is 2.05. The lowest BCUT2D eigenvalue weighted by atomic mass is 9.94. The Kier molecular flexibility index (Phi) is 6.13. The molecule has 2 aliphatic rings. The van der Waals surface area contributed by atoms with E-state index in [9.17, 15) is 9.59 Å². The van der Waals surface area contributed by atoms with Gasteiger partial charge in [-0.3, -0.25) is 9.69 Å². The Morgan fingerprint density at radius 2 is 1.96 bits per heavy atom. The van der Waals surface area contributed by atoms with Crippen molar-refractivity contribution in [1.29, 1.82) is 0 Å². The number of benzene rings is 1. The van der Waals surface area contributed by atoms with Gasteiger partial charge in [0.1, 0.15) is 5.75 Å². The third-order valence-electron chi connectivity index (χ3n) is 4.72. The molecular weight excluding hydrogens is 376 g/mol. The lowest BCUT2D eigenvalue weighted by Crippen LogP contribution is -2.40. The first-order valence-electron chi connectivity index (χ1n) is 9.47. The second-order valence-electron chi connectivity index (χ2n) is 7.28. The van der Waals surface area contributed by atoms with Gasteiger partial charge in [-0.2, -0.15) is 0 Å². The van der Waals surface area contributed by atoms with E-state index in [2.05, 4.69) is 4.99 Å². The zero-order chi connectivity index (χ0) is 20.4. The lowest BCUT2D eigenvalue weighted by molar-refractivity contribution is -0.141. The summed E-state index contributed by atoms with van der Waals surface area (Å²) >= 11 is 1.46. The van der Waals surface area contributed by atoms with Crippen LogP contribution in [-0.4, -0.2) is 40.9 Å². The molecule has 1 aromatic rings. The van der Waals surface area contributed by atoms with Gasteiger partial charge in [-0.05, 0) is 37.0 Å². The van der Waals surface area contributed by atoms with Crippen LogP contribution in [0.25, 0.3) is 0 Å². The highest BCUT2D eigenvalue weighted by atomic mass is 32.2. The molecule has 0 aliphatic carbocycles. The Hall–Kier alpha value is -2.28. The van der Waals surface area contributed by atoms with Crippen LogP contribution in [0.5, 0.6) is 5.75 Å².